The zero-order valence-corrected chi connectivity index (χ0v) is 11.8. The Morgan fingerprint density at radius 3 is 2.48 bits per heavy atom. The van der Waals surface area contributed by atoms with E-state index in [0.29, 0.717) is 0 Å². The number of benzene rings is 1. The molecule has 6 heteroatoms. The average molecular weight is 290 g/mol. The first-order chi connectivity index (χ1) is 9.93. The maximum atomic E-state index is 12.0. The number of carbonyl (C=O) groups excluding carboxylic acids is 2. The largest absolute Gasteiger partial charge is 0.481 e. The van der Waals surface area contributed by atoms with E-state index in [2.05, 4.69) is 10.9 Å². The number of hydrogen-bond acceptors (Lipinski definition) is 3. The molecule has 1 saturated carbocycles. The van der Waals surface area contributed by atoms with E-state index in [4.69, 9.17) is 5.11 Å². The number of carboxylic acids is 1. The highest BCUT2D eigenvalue weighted by atomic mass is 16.4. The third kappa shape index (κ3) is 3.59. The maximum absolute atomic E-state index is 12.0. The second-order valence-electron chi connectivity index (χ2n) is 5.47. The molecule has 1 aromatic rings. The summed E-state index contributed by atoms with van der Waals surface area (Å²) < 4.78 is 0. The number of rotatable bonds is 5. The van der Waals surface area contributed by atoms with Crippen LogP contribution in [0.1, 0.15) is 31.7 Å². The molecule has 0 spiro atoms. The van der Waals surface area contributed by atoms with Crippen molar-refractivity contribution in [3.63, 3.8) is 0 Å². The van der Waals surface area contributed by atoms with Gasteiger partial charge in [-0.15, -0.1) is 0 Å². The summed E-state index contributed by atoms with van der Waals surface area (Å²) in [5.41, 5.74) is 5.51. The minimum absolute atomic E-state index is 0.157. The fraction of sp³-hybridized carbons (Fsp3) is 0.400. The van der Waals surface area contributed by atoms with Gasteiger partial charge >= 0.3 is 5.97 Å². The van der Waals surface area contributed by atoms with Gasteiger partial charge in [-0.1, -0.05) is 37.3 Å². The van der Waals surface area contributed by atoms with E-state index >= 15 is 0 Å². The Bertz CT molecular complexity index is 558. The standard InChI is InChI=1S/C15H18N2O4/c1-15(10-5-3-2-4-6-10)9-11(15)14(21)17-16-12(18)7-8-13(19)20/h2-6,11H,7-9H2,1H3,(H,16,18)(H,17,21)(H,19,20)/t11-,15-/m0/s1. The van der Waals surface area contributed by atoms with Gasteiger partial charge < -0.3 is 5.11 Å². The molecule has 1 fully saturated rings. The van der Waals surface area contributed by atoms with Gasteiger partial charge in [0.2, 0.25) is 11.8 Å². The first-order valence-corrected chi connectivity index (χ1v) is 6.79. The van der Waals surface area contributed by atoms with E-state index in [-0.39, 0.29) is 30.1 Å². The molecule has 2 atom stereocenters. The lowest BCUT2D eigenvalue weighted by atomic mass is 9.95. The molecule has 2 amide bonds. The normalized spacial score (nSPS) is 23.2. The summed E-state index contributed by atoms with van der Waals surface area (Å²) in [6, 6.07) is 9.76. The van der Waals surface area contributed by atoms with Crippen molar-refractivity contribution in [2.24, 2.45) is 5.92 Å². The first kappa shape index (κ1) is 15.0. The molecule has 112 valence electrons. The van der Waals surface area contributed by atoms with Gasteiger partial charge in [0.15, 0.2) is 0 Å². The Balaban J connectivity index is 1.81. The Morgan fingerprint density at radius 2 is 1.86 bits per heavy atom. The minimum Gasteiger partial charge on any atom is -0.481 e. The van der Waals surface area contributed by atoms with E-state index in [1.54, 1.807) is 0 Å². The molecule has 2 rings (SSSR count). The monoisotopic (exact) mass is 290 g/mol. The van der Waals surface area contributed by atoms with Crippen molar-refractivity contribution in [1.82, 2.24) is 10.9 Å². The molecule has 3 N–H and O–H groups in total. The Hall–Kier alpha value is -2.37. The van der Waals surface area contributed by atoms with Crippen molar-refractivity contribution in [3.8, 4) is 0 Å². The minimum atomic E-state index is -1.05. The summed E-state index contributed by atoms with van der Waals surface area (Å²) in [6.45, 7) is 2.01. The predicted octanol–water partition coefficient (Wildman–Crippen LogP) is 0.976. The van der Waals surface area contributed by atoms with Crippen molar-refractivity contribution in [2.45, 2.75) is 31.6 Å². The highest BCUT2D eigenvalue weighted by molar-refractivity contribution is 5.87. The van der Waals surface area contributed by atoms with Gasteiger partial charge in [-0.2, -0.15) is 0 Å². The van der Waals surface area contributed by atoms with E-state index < -0.39 is 11.9 Å². The molecule has 0 radical (unpaired) electrons. The van der Waals surface area contributed by atoms with Gasteiger partial charge in [0.1, 0.15) is 0 Å². The summed E-state index contributed by atoms with van der Waals surface area (Å²) in [5, 5.41) is 8.47. The number of amides is 2. The Morgan fingerprint density at radius 1 is 1.19 bits per heavy atom. The molecule has 0 heterocycles. The van der Waals surface area contributed by atoms with Crippen LogP contribution in [0.15, 0.2) is 30.3 Å². The first-order valence-electron chi connectivity index (χ1n) is 6.79. The summed E-state index contributed by atoms with van der Waals surface area (Å²) in [6.07, 6.45) is 0.316. The van der Waals surface area contributed by atoms with Crippen LogP contribution in [0.4, 0.5) is 0 Å². The van der Waals surface area contributed by atoms with Crippen LogP contribution in [-0.4, -0.2) is 22.9 Å². The van der Waals surface area contributed by atoms with Crippen LogP contribution in [0.3, 0.4) is 0 Å². The summed E-state index contributed by atoms with van der Waals surface area (Å²) in [7, 11) is 0. The van der Waals surface area contributed by atoms with Crippen molar-refractivity contribution in [2.75, 3.05) is 0 Å². The van der Waals surface area contributed by atoms with Gasteiger partial charge in [-0.25, -0.2) is 0 Å². The topological polar surface area (TPSA) is 95.5 Å². The lowest BCUT2D eigenvalue weighted by Crippen LogP contribution is -2.43. The number of aliphatic carboxylic acids is 1. The third-order valence-electron chi connectivity index (χ3n) is 3.88. The quantitative estimate of drug-likeness (QED) is 0.704. The molecule has 0 saturated heterocycles. The van der Waals surface area contributed by atoms with Gasteiger partial charge in [-0.05, 0) is 12.0 Å². The molecule has 1 aromatic carbocycles. The molecule has 1 aliphatic rings. The number of carbonyl (C=O) groups is 3. The average Bonchev–Trinajstić information content (AvgIpc) is 3.17. The molecule has 0 aliphatic heterocycles. The van der Waals surface area contributed by atoms with Crippen molar-refractivity contribution >= 4 is 17.8 Å². The van der Waals surface area contributed by atoms with E-state index in [9.17, 15) is 14.4 Å². The molecule has 6 nitrogen and oxygen atoms in total. The van der Waals surface area contributed by atoms with Crippen molar-refractivity contribution in [1.29, 1.82) is 0 Å². The van der Waals surface area contributed by atoms with Crippen LogP contribution < -0.4 is 10.9 Å². The van der Waals surface area contributed by atoms with Crippen LogP contribution in [0, 0.1) is 5.92 Å². The lowest BCUT2D eigenvalue weighted by molar-refractivity contribution is -0.139. The lowest BCUT2D eigenvalue weighted by Gasteiger charge is -2.12. The summed E-state index contributed by atoms with van der Waals surface area (Å²) >= 11 is 0. The van der Waals surface area contributed by atoms with Crippen LogP contribution in [0.25, 0.3) is 0 Å². The highest BCUT2D eigenvalue weighted by Gasteiger charge is 2.55. The number of hydrogen-bond donors (Lipinski definition) is 3. The van der Waals surface area contributed by atoms with Crippen molar-refractivity contribution < 1.29 is 19.5 Å². The number of hydrazine groups is 1. The van der Waals surface area contributed by atoms with Crippen LogP contribution in [-0.2, 0) is 19.8 Å². The smallest absolute Gasteiger partial charge is 0.303 e. The van der Waals surface area contributed by atoms with Gasteiger partial charge in [0.25, 0.3) is 0 Å². The zero-order chi connectivity index (χ0) is 15.5. The summed E-state index contributed by atoms with van der Waals surface area (Å²) in [4.78, 5) is 33.7. The van der Waals surface area contributed by atoms with E-state index in [1.165, 1.54) is 0 Å². The Labute approximate surface area is 122 Å². The predicted molar refractivity (Wildman–Crippen MR) is 75.1 cm³/mol. The third-order valence-corrected chi connectivity index (χ3v) is 3.88. The zero-order valence-electron chi connectivity index (χ0n) is 11.8. The SMILES string of the molecule is C[C@@]1(c2ccccc2)C[C@H]1C(=O)NNC(=O)CCC(=O)O. The molecular formula is C15H18N2O4. The summed E-state index contributed by atoms with van der Waals surface area (Å²) in [5.74, 6) is -1.98. The fourth-order valence-electron chi connectivity index (χ4n) is 2.39. The molecule has 0 bridgehead atoms. The molecule has 21 heavy (non-hydrogen) atoms. The van der Waals surface area contributed by atoms with Gasteiger partial charge in [0, 0.05) is 17.8 Å². The maximum Gasteiger partial charge on any atom is 0.303 e. The van der Waals surface area contributed by atoms with Crippen LogP contribution in [0.5, 0.6) is 0 Å². The highest BCUT2D eigenvalue weighted by Crippen LogP contribution is 2.53. The van der Waals surface area contributed by atoms with Gasteiger partial charge in [-0.3, -0.25) is 25.2 Å². The Kier molecular flexibility index (Phi) is 4.26. The van der Waals surface area contributed by atoms with Gasteiger partial charge in [0.05, 0.1) is 6.42 Å². The second-order valence-corrected chi connectivity index (χ2v) is 5.47. The molecule has 1 aliphatic carbocycles. The second kappa shape index (κ2) is 5.95. The van der Waals surface area contributed by atoms with Crippen LogP contribution in [0.2, 0.25) is 0 Å². The molecule has 0 aromatic heterocycles. The van der Waals surface area contributed by atoms with E-state index in [1.807, 2.05) is 37.3 Å². The van der Waals surface area contributed by atoms with Crippen molar-refractivity contribution in [3.05, 3.63) is 35.9 Å². The fourth-order valence-corrected chi connectivity index (χ4v) is 2.39. The number of nitrogens with one attached hydrogen (secondary N) is 2. The molecule has 0 unspecified atom stereocenters. The van der Waals surface area contributed by atoms with E-state index in [0.717, 1.165) is 12.0 Å². The number of carboxylic acid groups (broad SMARTS) is 1. The molecular weight excluding hydrogens is 272 g/mol. The van der Waals surface area contributed by atoms with Crippen LogP contribution >= 0.6 is 0 Å².